The maximum absolute atomic E-state index is 14.7. The van der Waals surface area contributed by atoms with Gasteiger partial charge in [-0.05, 0) is 81.7 Å². The number of fused-ring (bicyclic) bond motifs is 6. The second kappa shape index (κ2) is 18.5. The number of thiazole rings is 1. The molecule has 4 amide bonds. The number of hydrogen-bond donors (Lipinski definition) is 2. The number of carbonyl (C=O) groups is 4. The zero-order valence-corrected chi connectivity index (χ0v) is 41.0. The highest BCUT2D eigenvalue weighted by molar-refractivity contribution is 7.10. The smallest absolute Gasteiger partial charge is 0.324 e. The Balaban J connectivity index is 1.02. The number of halogens is 1. The number of rotatable bonds is 9. The van der Waals surface area contributed by atoms with E-state index in [0.717, 1.165) is 57.5 Å². The van der Waals surface area contributed by atoms with Crippen LogP contribution in [-0.4, -0.2) is 142 Å². The fourth-order valence-electron chi connectivity index (χ4n) is 11.2. The molecule has 1 aliphatic carbocycles. The van der Waals surface area contributed by atoms with E-state index in [9.17, 15) is 23.6 Å². The molecule has 3 aromatic heterocycles. The molecule has 7 heterocycles. The van der Waals surface area contributed by atoms with Crippen molar-refractivity contribution < 1.29 is 33.0 Å². The van der Waals surface area contributed by atoms with Crippen molar-refractivity contribution in [1.82, 2.24) is 45.0 Å². The van der Waals surface area contributed by atoms with Gasteiger partial charge in [0.1, 0.15) is 24.3 Å². The number of methoxy groups -OCH3 is 1. The lowest BCUT2D eigenvalue weighted by Gasteiger charge is -2.62. The first-order valence-corrected chi connectivity index (χ1v) is 24.9. The number of carbonyl (C=O) groups excluding carboxylic acids is 4. The summed E-state index contributed by atoms with van der Waals surface area (Å²) in [5.41, 5.74) is 9.41. The van der Waals surface area contributed by atoms with Crippen LogP contribution in [0.4, 0.5) is 9.18 Å². The monoisotopic (exact) mass is 939 g/mol. The zero-order valence-electron chi connectivity index (χ0n) is 40.1. The van der Waals surface area contributed by atoms with Crippen LogP contribution in [0.2, 0.25) is 0 Å². The second-order valence-corrected chi connectivity index (χ2v) is 21.8. The van der Waals surface area contributed by atoms with Crippen molar-refractivity contribution in [2.45, 2.75) is 123 Å². The standard InChI is InChI=1S/C50H66FN9O6S/c1-9-59-40-15-14-31-18-35(40)36(44(59)34-12-10-16-52-42(34)30(4)65-8)22-49(5,6)28-66-47(63)37-13-11-17-60(55-37)46(62)38(19-41-53-39(31)25-67-41)54-45(61)43(29(2)3)56(7)48(64)58-26-50(27-58)20-33(21-50)57-23-32(51)24-57/h10,12,14-16,18,25,29-30,32-33,37-38,43,55H,9,11,13,17,19-24,26-28H2,1-8H3,(H,54,61)/t30-,37-,38-,43-/m0/s1. The summed E-state index contributed by atoms with van der Waals surface area (Å²) in [6, 6.07) is 7.90. The number of hydrogen-bond acceptors (Lipinski definition) is 11. The quantitative estimate of drug-likeness (QED) is 0.181. The number of amides is 4. The summed E-state index contributed by atoms with van der Waals surface area (Å²) in [6.45, 7) is 15.5. The molecule has 0 radical (unpaired) electrons. The van der Waals surface area contributed by atoms with Crippen LogP contribution in [0.5, 0.6) is 0 Å². The van der Waals surface area contributed by atoms with Crippen LogP contribution in [0, 0.1) is 16.7 Å². The van der Waals surface area contributed by atoms with Gasteiger partial charge in [0.2, 0.25) is 5.91 Å². The SMILES string of the molecule is CCn1c(-c2cccnc2[C@H](C)OC)c2c3cc(ccc31)-c1csc(n1)C[C@H](NC(=O)[C@H](C(C)C)N(C)C(=O)N1CC3(CC(N4CC(F)C4)C3)C1)C(=O)N1CCC[C@H](N1)C(=O)OCC(C)(C)C2. The lowest BCUT2D eigenvalue weighted by molar-refractivity contribution is -0.155. The maximum Gasteiger partial charge on any atom is 0.324 e. The van der Waals surface area contributed by atoms with Gasteiger partial charge in [0.05, 0.1) is 34.8 Å². The van der Waals surface area contributed by atoms with Crippen molar-refractivity contribution in [1.29, 1.82) is 0 Å². The summed E-state index contributed by atoms with van der Waals surface area (Å²) < 4.78 is 27.8. The molecule has 5 aliphatic rings. The van der Waals surface area contributed by atoms with Gasteiger partial charge in [-0.15, -0.1) is 11.3 Å². The Labute approximate surface area is 396 Å². The summed E-state index contributed by atoms with van der Waals surface area (Å²) in [5.74, 6) is -1.56. The number of esters is 1. The fraction of sp³-hybridized carbons (Fsp3) is 0.600. The molecule has 3 saturated heterocycles. The molecule has 4 aromatic rings. The van der Waals surface area contributed by atoms with E-state index >= 15 is 0 Å². The minimum absolute atomic E-state index is 0.0611. The van der Waals surface area contributed by atoms with Gasteiger partial charge in [0.15, 0.2) is 0 Å². The Morgan fingerprint density at radius 3 is 2.60 bits per heavy atom. The molecule has 4 fully saturated rings. The van der Waals surface area contributed by atoms with E-state index in [4.69, 9.17) is 19.4 Å². The molecule has 4 aliphatic heterocycles. The molecular formula is C50H66FN9O6S. The highest BCUT2D eigenvalue weighted by Gasteiger charge is 2.57. The van der Waals surface area contributed by atoms with Crippen LogP contribution < -0.4 is 10.7 Å². The van der Waals surface area contributed by atoms with Gasteiger partial charge in [-0.2, -0.15) is 0 Å². The highest BCUT2D eigenvalue weighted by atomic mass is 32.1. The largest absolute Gasteiger partial charge is 0.464 e. The van der Waals surface area contributed by atoms with Crippen molar-refractivity contribution in [3.8, 4) is 22.5 Å². The third kappa shape index (κ3) is 9.08. The number of nitrogens with one attached hydrogen (secondary N) is 2. The number of urea groups is 1. The Bertz CT molecular complexity index is 2520. The predicted octanol–water partition coefficient (Wildman–Crippen LogP) is 6.40. The lowest BCUT2D eigenvalue weighted by atomic mass is 9.60. The van der Waals surface area contributed by atoms with Gasteiger partial charge in [-0.25, -0.2) is 19.6 Å². The number of pyridine rings is 1. The summed E-state index contributed by atoms with van der Waals surface area (Å²) in [6.07, 6.45) is 4.43. The summed E-state index contributed by atoms with van der Waals surface area (Å²) in [4.78, 5) is 72.4. The fourth-order valence-corrected chi connectivity index (χ4v) is 12.0. The van der Waals surface area contributed by atoms with Gasteiger partial charge < -0.3 is 29.2 Å². The predicted molar refractivity (Wildman–Crippen MR) is 255 cm³/mol. The molecule has 1 saturated carbocycles. The molecule has 1 spiro atoms. The molecule has 15 nitrogen and oxygen atoms in total. The number of aromatic nitrogens is 3. The zero-order chi connectivity index (χ0) is 47.5. The van der Waals surface area contributed by atoms with Crippen LogP contribution in [0.15, 0.2) is 41.9 Å². The van der Waals surface area contributed by atoms with E-state index in [1.807, 2.05) is 32.2 Å². The van der Waals surface area contributed by atoms with Crippen molar-refractivity contribution >= 4 is 46.1 Å². The summed E-state index contributed by atoms with van der Waals surface area (Å²) in [5, 5.41) is 8.20. The summed E-state index contributed by atoms with van der Waals surface area (Å²) in [7, 11) is 3.34. The van der Waals surface area contributed by atoms with Crippen LogP contribution in [-0.2, 0) is 43.2 Å². The number of hydrazine groups is 1. The van der Waals surface area contributed by atoms with E-state index in [1.165, 1.54) is 21.2 Å². The molecule has 67 heavy (non-hydrogen) atoms. The molecule has 1 aromatic carbocycles. The Morgan fingerprint density at radius 2 is 1.90 bits per heavy atom. The van der Waals surface area contributed by atoms with Gasteiger partial charge >= 0.3 is 12.0 Å². The highest BCUT2D eigenvalue weighted by Crippen LogP contribution is 2.51. The Morgan fingerprint density at radius 1 is 1.13 bits per heavy atom. The van der Waals surface area contributed by atoms with Gasteiger partial charge in [-0.3, -0.25) is 29.3 Å². The first-order chi connectivity index (χ1) is 32.0. The minimum Gasteiger partial charge on any atom is -0.464 e. The molecule has 0 unspecified atom stereocenters. The van der Waals surface area contributed by atoms with Gasteiger partial charge in [-0.1, -0.05) is 33.8 Å². The number of benzene rings is 1. The van der Waals surface area contributed by atoms with E-state index < -0.39 is 47.5 Å². The van der Waals surface area contributed by atoms with Gasteiger partial charge in [0.25, 0.3) is 5.91 Å². The van der Waals surface area contributed by atoms with E-state index in [-0.39, 0.29) is 36.5 Å². The van der Waals surface area contributed by atoms with Crippen LogP contribution in [0.1, 0.15) is 89.6 Å². The average Bonchev–Trinajstić information content (AvgIpc) is 3.86. The molecule has 2 N–H and O–H groups in total. The van der Waals surface area contributed by atoms with Crippen molar-refractivity contribution in [3.05, 3.63) is 58.2 Å². The maximum atomic E-state index is 14.7. The van der Waals surface area contributed by atoms with Crippen molar-refractivity contribution in [2.75, 3.05) is 53.5 Å². The van der Waals surface area contributed by atoms with E-state index in [2.05, 4.69) is 65.2 Å². The van der Waals surface area contributed by atoms with E-state index in [1.54, 1.807) is 25.3 Å². The lowest BCUT2D eigenvalue weighted by Crippen LogP contribution is -2.71. The first-order valence-electron chi connectivity index (χ1n) is 24.0. The van der Waals surface area contributed by atoms with Crippen molar-refractivity contribution in [3.63, 3.8) is 0 Å². The molecule has 4 atom stereocenters. The molecule has 9 rings (SSSR count). The van der Waals surface area contributed by atoms with Crippen LogP contribution >= 0.6 is 11.3 Å². The first kappa shape index (κ1) is 47.1. The number of nitrogens with zero attached hydrogens (tertiary/aromatic N) is 7. The average molecular weight is 940 g/mol. The number of cyclic esters (lactones) is 1. The Hall–Kier alpha value is -4.97. The number of likely N-dealkylation sites (N-methyl/N-ethyl adjacent to an activating group) is 1. The number of likely N-dealkylation sites (tertiary alicyclic amines) is 2. The van der Waals surface area contributed by atoms with Crippen LogP contribution in [0.3, 0.4) is 0 Å². The third-order valence-electron chi connectivity index (χ3n) is 14.8. The van der Waals surface area contributed by atoms with Crippen LogP contribution in [0.25, 0.3) is 33.4 Å². The Kier molecular flexibility index (Phi) is 13.0. The number of alkyl halides is 1. The number of aryl methyl sites for hydroxylation is 1. The minimum atomic E-state index is -1.06. The molecule has 17 heteroatoms. The number of ether oxygens (including phenoxy) is 2. The third-order valence-corrected chi connectivity index (χ3v) is 15.7. The summed E-state index contributed by atoms with van der Waals surface area (Å²) >= 11 is 1.42. The normalized spacial score (nSPS) is 23.3. The topological polar surface area (TPSA) is 154 Å². The van der Waals surface area contributed by atoms with Gasteiger partial charge in [0, 0.05) is 110 Å². The molecule has 6 bridgehead atoms. The second-order valence-electron chi connectivity index (χ2n) is 20.8. The van der Waals surface area contributed by atoms with E-state index in [0.29, 0.717) is 69.6 Å². The molecule has 360 valence electrons. The van der Waals surface area contributed by atoms with Crippen molar-refractivity contribution in [2.24, 2.45) is 16.7 Å². The molecular weight excluding hydrogens is 874 g/mol.